The minimum atomic E-state index is -0.305. The summed E-state index contributed by atoms with van der Waals surface area (Å²) in [6.45, 7) is 5.00. The standard InChI is InChI=1S/C22H29FN6O.HI/c1-2-24-22(26-13-10-20(30)27-15-17-7-4-3-5-8-17)28-18-11-14-29(16-18)21-19(23)9-6-12-25-21;/h3-9,12,18H,2,10-11,13-16H2,1H3,(H,27,30)(H2,24,26,28);1H. The largest absolute Gasteiger partial charge is 0.357 e. The van der Waals surface area contributed by atoms with E-state index in [-0.39, 0.29) is 41.7 Å². The summed E-state index contributed by atoms with van der Waals surface area (Å²) in [7, 11) is 0. The third kappa shape index (κ3) is 7.97. The van der Waals surface area contributed by atoms with Crippen molar-refractivity contribution in [3.63, 3.8) is 0 Å². The quantitative estimate of drug-likeness (QED) is 0.273. The number of halogens is 2. The zero-order valence-corrected chi connectivity index (χ0v) is 20.0. The van der Waals surface area contributed by atoms with Gasteiger partial charge in [-0.1, -0.05) is 30.3 Å². The van der Waals surface area contributed by atoms with Crippen LogP contribution >= 0.6 is 24.0 Å². The number of nitrogens with one attached hydrogen (secondary N) is 3. The molecule has 1 amide bonds. The SMILES string of the molecule is CCNC(=NCCC(=O)NCc1ccccc1)NC1CCN(c2ncccc2F)C1.I. The van der Waals surface area contributed by atoms with Crippen molar-refractivity contribution in [1.82, 2.24) is 20.9 Å². The molecule has 0 aliphatic carbocycles. The molecule has 1 aromatic carbocycles. The summed E-state index contributed by atoms with van der Waals surface area (Å²) in [5.74, 6) is 0.719. The Labute approximate surface area is 199 Å². The van der Waals surface area contributed by atoms with Gasteiger partial charge in [0.05, 0.1) is 6.54 Å². The second-order valence-corrected chi connectivity index (χ2v) is 7.16. The first kappa shape index (κ1) is 24.8. The highest BCUT2D eigenvalue weighted by Gasteiger charge is 2.25. The van der Waals surface area contributed by atoms with Crippen molar-refractivity contribution in [3.05, 3.63) is 60.0 Å². The van der Waals surface area contributed by atoms with Crippen LogP contribution in [0.1, 0.15) is 25.3 Å². The van der Waals surface area contributed by atoms with E-state index in [0.29, 0.717) is 37.8 Å². The van der Waals surface area contributed by atoms with Gasteiger partial charge < -0.3 is 20.9 Å². The molecule has 7 nitrogen and oxygen atoms in total. The molecule has 168 valence electrons. The van der Waals surface area contributed by atoms with Crippen LogP contribution in [0, 0.1) is 5.82 Å². The minimum Gasteiger partial charge on any atom is -0.357 e. The molecule has 1 aliphatic heterocycles. The molecule has 0 radical (unpaired) electrons. The number of nitrogens with zero attached hydrogens (tertiary/aromatic N) is 3. The van der Waals surface area contributed by atoms with E-state index >= 15 is 0 Å². The number of guanidine groups is 1. The first-order valence-corrected chi connectivity index (χ1v) is 10.4. The Morgan fingerprint density at radius 3 is 2.77 bits per heavy atom. The first-order valence-electron chi connectivity index (χ1n) is 10.4. The Bertz CT molecular complexity index is 851. The number of aromatic nitrogens is 1. The smallest absolute Gasteiger partial charge is 0.222 e. The number of anilines is 1. The zero-order chi connectivity index (χ0) is 21.2. The lowest BCUT2D eigenvalue weighted by Crippen LogP contribution is -2.44. The number of aliphatic imine (C=N–C) groups is 1. The maximum atomic E-state index is 14.0. The van der Waals surface area contributed by atoms with Crippen LogP contribution in [0.3, 0.4) is 0 Å². The predicted molar refractivity (Wildman–Crippen MR) is 132 cm³/mol. The number of amides is 1. The molecule has 2 aromatic rings. The van der Waals surface area contributed by atoms with Crippen molar-refractivity contribution in [3.8, 4) is 0 Å². The van der Waals surface area contributed by atoms with Gasteiger partial charge in [-0.3, -0.25) is 9.79 Å². The number of hydrogen-bond donors (Lipinski definition) is 3. The van der Waals surface area contributed by atoms with E-state index in [1.165, 1.54) is 6.07 Å². The van der Waals surface area contributed by atoms with E-state index in [9.17, 15) is 9.18 Å². The molecular formula is C22H30FIN6O. The first-order chi connectivity index (χ1) is 14.7. The topological polar surface area (TPSA) is 81.6 Å². The number of rotatable bonds is 8. The molecule has 1 fully saturated rings. The number of hydrogen-bond acceptors (Lipinski definition) is 4. The Morgan fingerprint density at radius 1 is 1.23 bits per heavy atom. The predicted octanol–water partition coefficient (Wildman–Crippen LogP) is 2.68. The fraction of sp³-hybridized carbons (Fsp3) is 0.409. The van der Waals surface area contributed by atoms with E-state index in [4.69, 9.17) is 0 Å². The molecule has 1 saturated heterocycles. The monoisotopic (exact) mass is 540 g/mol. The van der Waals surface area contributed by atoms with E-state index in [1.807, 2.05) is 42.2 Å². The molecule has 0 bridgehead atoms. The minimum absolute atomic E-state index is 0. The highest BCUT2D eigenvalue weighted by Crippen LogP contribution is 2.20. The maximum absolute atomic E-state index is 14.0. The molecular weight excluding hydrogens is 510 g/mol. The number of carbonyl (C=O) groups is 1. The van der Waals surface area contributed by atoms with Crippen molar-refractivity contribution in [2.75, 3.05) is 31.1 Å². The fourth-order valence-corrected chi connectivity index (χ4v) is 3.35. The Kier molecular flexibility index (Phi) is 10.5. The van der Waals surface area contributed by atoms with Gasteiger partial charge in [0.15, 0.2) is 17.6 Å². The van der Waals surface area contributed by atoms with Gasteiger partial charge in [0.1, 0.15) is 0 Å². The molecule has 0 saturated carbocycles. The third-order valence-corrected chi connectivity index (χ3v) is 4.85. The van der Waals surface area contributed by atoms with Crippen molar-refractivity contribution in [2.24, 2.45) is 4.99 Å². The molecule has 2 heterocycles. The number of carbonyl (C=O) groups excluding carboxylic acids is 1. The van der Waals surface area contributed by atoms with Crippen LogP contribution in [0.4, 0.5) is 10.2 Å². The van der Waals surface area contributed by atoms with Gasteiger partial charge in [0, 0.05) is 44.8 Å². The Morgan fingerprint density at radius 2 is 2.03 bits per heavy atom. The molecule has 9 heteroatoms. The van der Waals surface area contributed by atoms with Gasteiger partial charge >= 0.3 is 0 Å². The summed E-state index contributed by atoms with van der Waals surface area (Å²) < 4.78 is 14.0. The van der Waals surface area contributed by atoms with Crippen LogP contribution in [-0.4, -0.2) is 49.1 Å². The normalized spacial score (nSPS) is 15.9. The van der Waals surface area contributed by atoms with Crippen LogP contribution in [0.15, 0.2) is 53.7 Å². The van der Waals surface area contributed by atoms with E-state index < -0.39 is 0 Å². The van der Waals surface area contributed by atoms with Crippen molar-refractivity contribution in [1.29, 1.82) is 0 Å². The summed E-state index contributed by atoms with van der Waals surface area (Å²) in [5, 5.41) is 9.50. The summed E-state index contributed by atoms with van der Waals surface area (Å²) in [4.78, 5) is 22.7. The lowest BCUT2D eigenvalue weighted by atomic mass is 10.2. The highest BCUT2D eigenvalue weighted by molar-refractivity contribution is 14.0. The Balaban J connectivity index is 0.00000341. The van der Waals surface area contributed by atoms with Crippen LogP contribution in [0.25, 0.3) is 0 Å². The van der Waals surface area contributed by atoms with Gasteiger partial charge in [-0.2, -0.15) is 0 Å². The summed E-state index contributed by atoms with van der Waals surface area (Å²) in [6, 6.07) is 13.0. The van der Waals surface area contributed by atoms with Gasteiger partial charge in [-0.05, 0) is 31.0 Å². The van der Waals surface area contributed by atoms with E-state index in [0.717, 1.165) is 25.1 Å². The van der Waals surface area contributed by atoms with Gasteiger partial charge in [-0.15, -0.1) is 24.0 Å². The third-order valence-electron chi connectivity index (χ3n) is 4.85. The highest BCUT2D eigenvalue weighted by atomic mass is 127. The summed E-state index contributed by atoms with van der Waals surface area (Å²) in [5.41, 5.74) is 1.07. The van der Waals surface area contributed by atoms with E-state index in [2.05, 4.69) is 25.9 Å². The molecule has 1 atom stereocenters. The molecule has 1 unspecified atom stereocenters. The van der Waals surface area contributed by atoms with Crippen molar-refractivity contribution >= 4 is 41.7 Å². The van der Waals surface area contributed by atoms with Crippen LogP contribution in [0.5, 0.6) is 0 Å². The molecule has 3 rings (SSSR count). The molecule has 3 N–H and O–H groups in total. The number of pyridine rings is 1. The average Bonchev–Trinajstić information content (AvgIpc) is 3.21. The zero-order valence-electron chi connectivity index (χ0n) is 17.7. The fourth-order valence-electron chi connectivity index (χ4n) is 3.35. The van der Waals surface area contributed by atoms with Gasteiger partial charge in [0.2, 0.25) is 5.91 Å². The summed E-state index contributed by atoms with van der Waals surface area (Å²) >= 11 is 0. The number of benzene rings is 1. The Hall–Kier alpha value is -2.43. The van der Waals surface area contributed by atoms with Gasteiger partial charge in [-0.25, -0.2) is 9.37 Å². The molecule has 31 heavy (non-hydrogen) atoms. The second kappa shape index (κ2) is 13.1. The second-order valence-electron chi connectivity index (χ2n) is 7.16. The average molecular weight is 540 g/mol. The van der Waals surface area contributed by atoms with Crippen LogP contribution in [0.2, 0.25) is 0 Å². The molecule has 1 aromatic heterocycles. The van der Waals surface area contributed by atoms with Crippen LogP contribution in [-0.2, 0) is 11.3 Å². The lowest BCUT2D eigenvalue weighted by Gasteiger charge is -2.19. The molecule has 1 aliphatic rings. The van der Waals surface area contributed by atoms with E-state index in [1.54, 1.807) is 12.3 Å². The van der Waals surface area contributed by atoms with Crippen molar-refractivity contribution in [2.45, 2.75) is 32.4 Å². The lowest BCUT2D eigenvalue weighted by molar-refractivity contribution is -0.121. The maximum Gasteiger partial charge on any atom is 0.222 e. The van der Waals surface area contributed by atoms with Crippen LogP contribution < -0.4 is 20.9 Å². The van der Waals surface area contributed by atoms with Gasteiger partial charge in [0.25, 0.3) is 0 Å². The van der Waals surface area contributed by atoms with Crippen molar-refractivity contribution < 1.29 is 9.18 Å². The molecule has 0 spiro atoms. The summed E-state index contributed by atoms with van der Waals surface area (Å²) in [6.07, 6.45) is 2.78.